The Balaban J connectivity index is 2.00. The quantitative estimate of drug-likeness (QED) is 0.423. The highest BCUT2D eigenvalue weighted by Crippen LogP contribution is 2.31. The molecule has 21 heavy (non-hydrogen) atoms. The Hall–Kier alpha value is -1.82. The highest BCUT2D eigenvalue weighted by molar-refractivity contribution is 5.63. The monoisotopic (exact) mass is 292 g/mol. The molecular formula is C15H24N4O2. The number of non-ortho nitro benzene ring substituents is 1. The van der Waals surface area contributed by atoms with Crippen LogP contribution in [0.15, 0.2) is 18.2 Å². The smallest absolute Gasteiger partial charge is 0.273 e. The Morgan fingerprint density at radius 3 is 2.48 bits per heavy atom. The van der Waals surface area contributed by atoms with E-state index in [0.29, 0.717) is 11.7 Å². The lowest BCUT2D eigenvalue weighted by molar-refractivity contribution is -0.384. The van der Waals surface area contributed by atoms with Gasteiger partial charge in [-0.3, -0.25) is 16.0 Å². The van der Waals surface area contributed by atoms with Crippen LogP contribution in [0.5, 0.6) is 0 Å². The Kier molecular flexibility index (Phi) is 5.38. The van der Waals surface area contributed by atoms with Crippen molar-refractivity contribution in [1.29, 1.82) is 0 Å². The number of hydrogen-bond donors (Lipinski definition) is 3. The summed E-state index contributed by atoms with van der Waals surface area (Å²) in [6.07, 6.45) is 7.28. The summed E-state index contributed by atoms with van der Waals surface area (Å²) >= 11 is 0. The number of benzene rings is 1. The van der Waals surface area contributed by atoms with E-state index in [1.165, 1.54) is 31.7 Å². The lowest BCUT2D eigenvalue weighted by atomic mass is 9.83. The molecule has 0 unspecified atom stereocenters. The van der Waals surface area contributed by atoms with E-state index in [1.807, 2.05) is 6.07 Å². The molecular weight excluding hydrogens is 268 g/mol. The molecule has 1 aromatic carbocycles. The van der Waals surface area contributed by atoms with Crippen LogP contribution in [0.1, 0.15) is 45.4 Å². The number of nitrogen functional groups attached to an aromatic ring is 1. The first-order valence-corrected chi connectivity index (χ1v) is 7.65. The van der Waals surface area contributed by atoms with Gasteiger partial charge in [-0.2, -0.15) is 0 Å². The van der Waals surface area contributed by atoms with Crippen molar-refractivity contribution in [2.24, 2.45) is 11.8 Å². The van der Waals surface area contributed by atoms with Gasteiger partial charge in [0.2, 0.25) is 0 Å². The van der Waals surface area contributed by atoms with Crippen LogP contribution in [0.4, 0.5) is 17.1 Å². The van der Waals surface area contributed by atoms with Crippen molar-refractivity contribution in [3.63, 3.8) is 0 Å². The molecule has 0 heterocycles. The first-order valence-electron chi connectivity index (χ1n) is 7.65. The number of rotatable bonds is 6. The molecule has 1 aromatic rings. The van der Waals surface area contributed by atoms with E-state index in [4.69, 9.17) is 5.84 Å². The average molecular weight is 292 g/mol. The van der Waals surface area contributed by atoms with Gasteiger partial charge in [0, 0.05) is 23.9 Å². The van der Waals surface area contributed by atoms with Crippen LogP contribution in [0.3, 0.4) is 0 Å². The number of nitrogens with one attached hydrogen (secondary N) is 2. The van der Waals surface area contributed by atoms with E-state index in [1.54, 1.807) is 6.07 Å². The number of nitro benzene ring substituents is 1. The summed E-state index contributed by atoms with van der Waals surface area (Å²) < 4.78 is 0. The number of hydrogen-bond acceptors (Lipinski definition) is 5. The van der Waals surface area contributed by atoms with Gasteiger partial charge in [0.1, 0.15) is 0 Å². The molecule has 1 saturated carbocycles. The fourth-order valence-corrected chi connectivity index (χ4v) is 3.12. The van der Waals surface area contributed by atoms with E-state index in [-0.39, 0.29) is 5.69 Å². The molecule has 0 bridgehead atoms. The van der Waals surface area contributed by atoms with Crippen molar-refractivity contribution in [1.82, 2.24) is 0 Å². The summed E-state index contributed by atoms with van der Waals surface area (Å²) in [4.78, 5) is 10.5. The van der Waals surface area contributed by atoms with Gasteiger partial charge >= 0.3 is 0 Å². The lowest BCUT2D eigenvalue weighted by Crippen LogP contribution is -2.26. The number of nitrogens with two attached hydrogens (primary N) is 1. The number of anilines is 2. The van der Waals surface area contributed by atoms with Gasteiger partial charge in [0.15, 0.2) is 0 Å². The first-order chi connectivity index (χ1) is 10.1. The molecule has 4 N–H and O–H groups in total. The van der Waals surface area contributed by atoms with Crippen molar-refractivity contribution in [3.05, 3.63) is 28.3 Å². The van der Waals surface area contributed by atoms with Crippen LogP contribution in [-0.4, -0.2) is 11.0 Å². The average Bonchev–Trinajstić information content (AvgIpc) is 2.49. The first kappa shape index (κ1) is 15.6. The van der Waals surface area contributed by atoms with Gasteiger partial charge in [-0.25, -0.2) is 0 Å². The van der Waals surface area contributed by atoms with E-state index in [0.717, 1.165) is 24.4 Å². The summed E-state index contributed by atoms with van der Waals surface area (Å²) in [5, 5.41) is 14.4. The maximum atomic E-state index is 10.9. The highest BCUT2D eigenvalue weighted by Gasteiger charge is 2.21. The molecule has 0 aromatic heterocycles. The van der Waals surface area contributed by atoms with E-state index >= 15 is 0 Å². The Morgan fingerprint density at radius 2 is 1.90 bits per heavy atom. The van der Waals surface area contributed by atoms with Gasteiger partial charge < -0.3 is 10.7 Å². The van der Waals surface area contributed by atoms with Crippen molar-refractivity contribution in [2.75, 3.05) is 10.7 Å². The maximum absolute atomic E-state index is 10.9. The predicted molar refractivity (Wildman–Crippen MR) is 85.2 cm³/mol. The molecule has 116 valence electrons. The molecule has 1 fully saturated rings. The second kappa shape index (κ2) is 7.26. The lowest BCUT2D eigenvalue weighted by Gasteiger charge is -2.29. The summed E-state index contributed by atoms with van der Waals surface area (Å²) in [5.41, 5.74) is 3.84. The molecule has 1 aliphatic carbocycles. The van der Waals surface area contributed by atoms with Crippen molar-refractivity contribution >= 4 is 17.1 Å². The van der Waals surface area contributed by atoms with Crippen LogP contribution < -0.4 is 16.6 Å². The molecule has 0 aliphatic heterocycles. The van der Waals surface area contributed by atoms with Gasteiger partial charge in [0.05, 0.1) is 10.6 Å². The third-order valence-electron chi connectivity index (χ3n) is 4.21. The van der Waals surface area contributed by atoms with Gasteiger partial charge in [-0.15, -0.1) is 0 Å². The third kappa shape index (κ3) is 4.32. The SMILES string of the molecule is CCCC1CCC(Nc2cc(NN)cc([N+](=O)[O-])c2)CC1. The van der Waals surface area contributed by atoms with Gasteiger partial charge in [-0.1, -0.05) is 19.8 Å². The Morgan fingerprint density at radius 1 is 1.24 bits per heavy atom. The molecule has 0 atom stereocenters. The largest absolute Gasteiger partial charge is 0.382 e. The minimum absolute atomic E-state index is 0.0487. The fourth-order valence-electron chi connectivity index (χ4n) is 3.12. The molecule has 6 nitrogen and oxygen atoms in total. The van der Waals surface area contributed by atoms with E-state index in [2.05, 4.69) is 17.7 Å². The Bertz CT molecular complexity index is 485. The molecule has 0 spiro atoms. The Labute approximate surface area is 125 Å². The number of nitro groups is 1. The molecule has 0 radical (unpaired) electrons. The normalized spacial score (nSPS) is 21.8. The molecule has 2 rings (SSSR count). The highest BCUT2D eigenvalue weighted by atomic mass is 16.6. The number of hydrazine groups is 1. The minimum atomic E-state index is -0.399. The molecule has 0 amide bonds. The topological polar surface area (TPSA) is 93.2 Å². The van der Waals surface area contributed by atoms with E-state index in [9.17, 15) is 10.1 Å². The molecule has 0 saturated heterocycles. The summed E-state index contributed by atoms with van der Waals surface area (Å²) in [7, 11) is 0. The van der Waals surface area contributed by atoms with Crippen molar-refractivity contribution in [3.8, 4) is 0 Å². The van der Waals surface area contributed by atoms with E-state index < -0.39 is 4.92 Å². The summed E-state index contributed by atoms with van der Waals surface area (Å²) in [6, 6.07) is 5.21. The van der Waals surface area contributed by atoms with Gasteiger partial charge in [0.25, 0.3) is 5.69 Å². The third-order valence-corrected chi connectivity index (χ3v) is 4.21. The van der Waals surface area contributed by atoms with Gasteiger partial charge in [-0.05, 0) is 37.7 Å². The predicted octanol–water partition coefficient (Wildman–Crippen LogP) is 3.65. The minimum Gasteiger partial charge on any atom is -0.382 e. The van der Waals surface area contributed by atoms with Crippen LogP contribution >= 0.6 is 0 Å². The second-order valence-electron chi connectivity index (χ2n) is 5.82. The fraction of sp³-hybridized carbons (Fsp3) is 0.600. The standard InChI is InChI=1S/C15H24N4O2/c1-2-3-11-4-6-12(7-5-11)17-13-8-14(18-16)10-15(9-13)19(20)21/h8-12,17-18H,2-7,16H2,1H3. The summed E-state index contributed by atoms with van der Waals surface area (Å²) in [5.74, 6) is 6.22. The van der Waals surface area contributed by atoms with Crippen LogP contribution in [0.25, 0.3) is 0 Å². The molecule has 6 heteroatoms. The molecule has 1 aliphatic rings. The zero-order valence-corrected chi connectivity index (χ0v) is 12.5. The van der Waals surface area contributed by atoms with Crippen molar-refractivity contribution in [2.45, 2.75) is 51.5 Å². The van der Waals surface area contributed by atoms with Crippen LogP contribution in [0.2, 0.25) is 0 Å². The second-order valence-corrected chi connectivity index (χ2v) is 5.82. The van der Waals surface area contributed by atoms with Crippen molar-refractivity contribution < 1.29 is 4.92 Å². The van der Waals surface area contributed by atoms with Crippen LogP contribution in [0, 0.1) is 16.0 Å². The number of nitrogens with zero attached hydrogens (tertiary/aromatic N) is 1. The summed E-state index contributed by atoms with van der Waals surface area (Å²) in [6.45, 7) is 2.23. The zero-order valence-electron chi connectivity index (χ0n) is 12.5. The van der Waals surface area contributed by atoms with Crippen LogP contribution in [-0.2, 0) is 0 Å². The maximum Gasteiger partial charge on any atom is 0.273 e. The zero-order chi connectivity index (χ0) is 15.2.